The maximum absolute atomic E-state index is 11.1. The SMILES string of the molecule is CC(Cc1nnnn1C(CC(=O)O)C1CC1)CC(C)(C)C. The second-order valence-electron chi connectivity index (χ2n) is 7.62. The van der Waals surface area contributed by atoms with Gasteiger partial charge in [-0.15, -0.1) is 5.10 Å². The molecular formula is C15H26N4O2. The second kappa shape index (κ2) is 6.12. The Morgan fingerprint density at radius 1 is 1.43 bits per heavy atom. The molecule has 0 amide bonds. The fraction of sp³-hybridized carbons (Fsp3) is 0.867. The molecule has 1 aliphatic rings. The highest BCUT2D eigenvalue weighted by molar-refractivity contribution is 5.67. The van der Waals surface area contributed by atoms with Crippen LogP contribution < -0.4 is 0 Å². The van der Waals surface area contributed by atoms with Crippen LogP contribution >= 0.6 is 0 Å². The average Bonchev–Trinajstić information content (AvgIpc) is 3.05. The Kier molecular flexibility index (Phi) is 4.64. The first-order valence-electron chi connectivity index (χ1n) is 7.75. The van der Waals surface area contributed by atoms with E-state index in [1.54, 1.807) is 4.68 Å². The van der Waals surface area contributed by atoms with Crippen LogP contribution in [0.5, 0.6) is 0 Å². The first-order chi connectivity index (χ1) is 9.76. The summed E-state index contributed by atoms with van der Waals surface area (Å²) in [5.41, 5.74) is 0.272. The van der Waals surface area contributed by atoms with Gasteiger partial charge >= 0.3 is 5.97 Å². The van der Waals surface area contributed by atoms with E-state index in [4.69, 9.17) is 5.11 Å². The van der Waals surface area contributed by atoms with Gasteiger partial charge in [-0.2, -0.15) is 0 Å². The highest BCUT2D eigenvalue weighted by Crippen LogP contribution is 2.41. The van der Waals surface area contributed by atoms with Gasteiger partial charge in [-0.1, -0.05) is 27.7 Å². The Bertz CT molecular complexity index is 488. The number of carboxylic acid groups (broad SMARTS) is 1. The van der Waals surface area contributed by atoms with E-state index in [1.165, 1.54) is 0 Å². The summed E-state index contributed by atoms with van der Waals surface area (Å²) >= 11 is 0. The number of tetrazole rings is 1. The Balaban J connectivity index is 2.08. The third-order valence-corrected chi connectivity index (χ3v) is 3.92. The van der Waals surface area contributed by atoms with Crippen LogP contribution in [0.25, 0.3) is 0 Å². The van der Waals surface area contributed by atoms with E-state index in [1.807, 2.05) is 0 Å². The van der Waals surface area contributed by atoms with Crippen LogP contribution in [0.3, 0.4) is 0 Å². The molecule has 6 nitrogen and oxygen atoms in total. The highest BCUT2D eigenvalue weighted by atomic mass is 16.4. The Labute approximate surface area is 125 Å². The van der Waals surface area contributed by atoms with Crippen molar-refractivity contribution in [2.75, 3.05) is 0 Å². The van der Waals surface area contributed by atoms with Crippen molar-refractivity contribution >= 4 is 5.97 Å². The number of carboxylic acids is 1. The molecule has 1 N–H and O–H groups in total. The number of carbonyl (C=O) groups is 1. The molecule has 2 unspecified atom stereocenters. The van der Waals surface area contributed by atoms with E-state index >= 15 is 0 Å². The molecule has 2 rings (SSSR count). The van der Waals surface area contributed by atoms with Crippen molar-refractivity contribution in [3.8, 4) is 0 Å². The summed E-state index contributed by atoms with van der Waals surface area (Å²) in [6.07, 6.45) is 4.15. The summed E-state index contributed by atoms with van der Waals surface area (Å²) in [5.74, 6) is 0.932. The topological polar surface area (TPSA) is 80.9 Å². The molecule has 118 valence electrons. The molecule has 21 heavy (non-hydrogen) atoms. The number of aliphatic carboxylic acids is 1. The summed E-state index contributed by atoms with van der Waals surface area (Å²) < 4.78 is 1.77. The molecule has 0 bridgehead atoms. The van der Waals surface area contributed by atoms with Gasteiger partial charge in [-0.3, -0.25) is 4.79 Å². The molecule has 1 saturated carbocycles. The molecule has 0 aromatic carbocycles. The van der Waals surface area contributed by atoms with E-state index in [2.05, 4.69) is 43.2 Å². The lowest BCUT2D eigenvalue weighted by Crippen LogP contribution is -2.21. The molecular weight excluding hydrogens is 268 g/mol. The largest absolute Gasteiger partial charge is 0.481 e. The predicted octanol–water partition coefficient (Wildman–Crippen LogP) is 2.71. The highest BCUT2D eigenvalue weighted by Gasteiger charge is 2.36. The summed E-state index contributed by atoms with van der Waals surface area (Å²) in [7, 11) is 0. The standard InChI is InChI=1S/C15H26N4O2/c1-10(9-15(2,3)4)7-13-16-17-18-19(13)12(8-14(20)21)11-5-6-11/h10-12H,5-9H2,1-4H3,(H,20,21). The molecule has 1 aromatic rings. The lowest BCUT2D eigenvalue weighted by molar-refractivity contribution is -0.138. The molecule has 1 aromatic heterocycles. The molecule has 0 aliphatic heterocycles. The molecule has 1 aliphatic carbocycles. The number of rotatable bonds is 7. The quantitative estimate of drug-likeness (QED) is 0.836. The van der Waals surface area contributed by atoms with Crippen LogP contribution in [0.4, 0.5) is 0 Å². The summed E-state index contributed by atoms with van der Waals surface area (Å²) in [4.78, 5) is 11.1. The van der Waals surface area contributed by atoms with Crippen LogP contribution in [0.2, 0.25) is 0 Å². The van der Waals surface area contributed by atoms with E-state index < -0.39 is 5.97 Å². The minimum absolute atomic E-state index is 0.0886. The van der Waals surface area contributed by atoms with Crippen molar-refractivity contribution in [2.24, 2.45) is 17.3 Å². The fourth-order valence-corrected chi connectivity index (χ4v) is 3.15. The smallest absolute Gasteiger partial charge is 0.305 e. The minimum atomic E-state index is -0.781. The van der Waals surface area contributed by atoms with Gasteiger partial charge in [0.15, 0.2) is 5.82 Å². The predicted molar refractivity (Wildman–Crippen MR) is 78.8 cm³/mol. The van der Waals surface area contributed by atoms with Crippen LogP contribution in [0.1, 0.15) is 65.2 Å². The van der Waals surface area contributed by atoms with E-state index in [0.29, 0.717) is 11.8 Å². The van der Waals surface area contributed by atoms with Gasteiger partial charge < -0.3 is 5.11 Å². The van der Waals surface area contributed by atoms with Crippen LogP contribution in [-0.4, -0.2) is 31.3 Å². The van der Waals surface area contributed by atoms with Crippen LogP contribution in [-0.2, 0) is 11.2 Å². The van der Waals surface area contributed by atoms with Crippen molar-refractivity contribution in [2.45, 2.75) is 65.8 Å². The Morgan fingerprint density at radius 3 is 2.62 bits per heavy atom. The molecule has 0 saturated heterocycles. The van der Waals surface area contributed by atoms with E-state index in [0.717, 1.165) is 31.5 Å². The molecule has 0 radical (unpaired) electrons. The summed E-state index contributed by atoms with van der Waals surface area (Å²) in [6, 6.07) is -0.0886. The van der Waals surface area contributed by atoms with Crippen molar-refractivity contribution in [1.82, 2.24) is 20.2 Å². The van der Waals surface area contributed by atoms with Gasteiger partial charge in [0.05, 0.1) is 12.5 Å². The molecule has 2 atom stereocenters. The van der Waals surface area contributed by atoms with Crippen molar-refractivity contribution < 1.29 is 9.90 Å². The van der Waals surface area contributed by atoms with Gasteiger partial charge in [0, 0.05) is 6.42 Å². The van der Waals surface area contributed by atoms with E-state index in [-0.39, 0.29) is 17.9 Å². The van der Waals surface area contributed by atoms with Gasteiger partial charge in [0.2, 0.25) is 0 Å². The third-order valence-electron chi connectivity index (χ3n) is 3.92. The zero-order chi connectivity index (χ0) is 15.6. The van der Waals surface area contributed by atoms with Crippen LogP contribution in [0.15, 0.2) is 0 Å². The number of hydrogen-bond donors (Lipinski definition) is 1. The molecule has 1 fully saturated rings. The summed E-state index contributed by atoms with van der Waals surface area (Å²) in [5, 5.41) is 21.1. The van der Waals surface area contributed by atoms with Crippen molar-refractivity contribution in [1.29, 1.82) is 0 Å². The second-order valence-corrected chi connectivity index (χ2v) is 7.62. The molecule has 1 heterocycles. The average molecular weight is 294 g/mol. The molecule has 6 heteroatoms. The first kappa shape index (κ1) is 15.9. The monoisotopic (exact) mass is 294 g/mol. The van der Waals surface area contributed by atoms with Crippen molar-refractivity contribution in [3.05, 3.63) is 5.82 Å². The summed E-state index contributed by atoms with van der Waals surface area (Å²) in [6.45, 7) is 8.88. The third kappa shape index (κ3) is 4.79. The van der Waals surface area contributed by atoms with Crippen LogP contribution in [0, 0.1) is 17.3 Å². The minimum Gasteiger partial charge on any atom is -0.481 e. The maximum Gasteiger partial charge on any atom is 0.305 e. The zero-order valence-electron chi connectivity index (χ0n) is 13.4. The lowest BCUT2D eigenvalue weighted by atomic mass is 9.84. The Hall–Kier alpha value is -1.46. The normalized spacial score (nSPS) is 18.5. The lowest BCUT2D eigenvalue weighted by Gasteiger charge is -2.23. The van der Waals surface area contributed by atoms with Gasteiger partial charge in [-0.25, -0.2) is 4.68 Å². The van der Waals surface area contributed by atoms with Gasteiger partial charge in [0.25, 0.3) is 0 Å². The number of hydrogen-bond acceptors (Lipinski definition) is 4. The number of nitrogens with zero attached hydrogens (tertiary/aromatic N) is 4. The maximum atomic E-state index is 11.1. The fourth-order valence-electron chi connectivity index (χ4n) is 3.15. The molecule has 0 spiro atoms. The zero-order valence-corrected chi connectivity index (χ0v) is 13.4. The first-order valence-corrected chi connectivity index (χ1v) is 7.75. The van der Waals surface area contributed by atoms with E-state index in [9.17, 15) is 4.79 Å². The number of aromatic nitrogens is 4. The van der Waals surface area contributed by atoms with Crippen molar-refractivity contribution in [3.63, 3.8) is 0 Å². The Morgan fingerprint density at radius 2 is 2.10 bits per heavy atom. The van der Waals surface area contributed by atoms with Gasteiger partial charge in [-0.05, 0) is 46.9 Å². The van der Waals surface area contributed by atoms with Gasteiger partial charge in [0.1, 0.15) is 0 Å².